The molecule has 0 amide bonds. The molecule has 0 atom stereocenters. The van der Waals surface area contributed by atoms with Crippen molar-refractivity contribution in [2.45, 2.75) is 0 Å². The monoisotopic (exact) mass is 301 g/mol. The second kappa shape index (κ2) is 5.80. The van der Waals surface area contributed by atoms with E-state index in [2.05, 4.69) is 25.5 Å². The van der Waals surface area contributed by atoms with Crippen molar-refractivity contribution in [3.05, 3.63) is 29.4 Å². The second-order valence-corrected chi connectivity index (χ2v) is 3.89. The van der Waals surface area contributed by atoms with Crippen molar-refractivity contribution in [3.8, 4) is 0 Å². The quantitative estimate of drug-likeness (QED) is 0.413. The molecule has 3 rings (SSSR count). The molecule has 0 radical (unpaired) electrons. The molecule has 2 N–H and O–H groups in total. The van der Waals surface area contributed by atoms with E-state index in [0.717, 1.165) is 0 Å². The molecule has 0 unspecified atom stereocenters. The first-order valence-corrected chi connectivity index (χ1v) is 5.46. The molecule has 0 saturated carbocycles. The Morgan fingerprint density at radius 1 is 1.45 bits per heavy atom. The maximum atomic E-state index is 10.6. The Balaban J connectivity index is 0.00000147. The van der Waals surface area contributed by atoms with Crippen LogP contribution in [0, 0.1) is 0 Å². The van der Waals surface area contributed by atoms with Crippen LogP contribution in [0.5, 0.6) is 0 Å². The molecule has 0 aliphatic carbocycles. The van der Waals surface area contributed by atoms with Gasteiger partial charge in [0.2, 0.25) is 5.28 Å². The first kappa shape index (κ1) is 14.8. The predicted octanol–water partition coefficient (Wildman–Crippen LogP) is -2.29. The number of aromatic nitrogens is 4. The van der Waals surface area contributed by atoms with Crippen LogP contribution in [0.1, 0.15) is 10.5 Å². The molecule has 0 aliphatic rings. The number of aromatic carboxylic acids is 1. The Bertz CT molecular complexity index is 771. The first-order chi connectivity index (χ1) is 9.13. The molecule has 0 bridgehead atoms. The summed E-state index contributed by atoms with van der Waals surface area (Å²) in [4.78, 5) is 18.5. The third-order valence-corrected chi connectivity index (χ3v) is 2.49. The third kappa shape index (κ3) is 2.78. The molecule has 0 fully saturated rings. The van der Waals surface area contributed by atoms with Crippen LogP contribution in [0.4, 0.5) is 11.6 Å². The number of nitrogens with one attached hydrogen (secondary N) is 2. The normalized spacial score (nSPS) is 10.2. The van der Waals surface area contributed by atoms with Crippen LogP contribution in [-0.2, 0) is 0 Å². The number of carbonyl (C=O) groups excluding carboxylic acids is 1. The van der Waals surface area contributed by atoms with Gasteiger partial charge in [-0.15, -0.1) is 0 Å². The number of carbonyl (C=O) groups is 1. The number of hydrogen-bond donors (Lipinski definition) is 2. The molecule has 20 heavy (non-hydrogen) atoms. The number of furan rings is 1. The van der Waals surface area contributed by atoms with Crippen LogP contribution in [0.15, 0.2) is 22.8 Å². The number of hydrogen-bond acceptors (Lipinski definition) is 7. The van der Waals surface area contributed by atoms with Gasteiger partial charge in [-0.05, 0) is 11.6 Å². The van der Waals surface area contributed by atoms with Crippen LogP contribution in [-0.4, -0.2) is 26.1 Å². The molecule has 0 aromatic carbocycles. The molecular weight excluding hydrogens is 297 g/mol. The fourth-order valence-electron chi connectivity index (χ4n) is 1.53. The van der Waals surface area contributed by atoms with Gasteiger partial charge in [-0.25, -0.2) is 4.98 Å². The number of rotatable bonds is 3. The summed E-state index contributed by atoms with van der Waals surface area (Å²) in [6.45, 7) is 0. The Labute approximate surface area is 138 Å². The number of halogens is 1. The average molecular weight is 302 g/mol. The van der Waals surface area contributed by atoms with Crippen LogP contribution >= 0.6 is 11.6 Å². The van der Waals surface area contributed by atoms with E-state index in [1.54, 1.807) is 6.07 Å². The molecule has 3 heterocycles. The van der Waals surface area contributed by atoms with Gasteiger partial charge in [-0.3, -0.25) is 5.10 Å². The Hall–Kier alpha value is -1.61. The molecule has 3 aromatic heterocycles. The molecule has 8 nitrogen and oxygen atoms in total. The zero-order valence-corrected chi connectivity index (χ0v) is 12.9. The van der Waals surface area contributed by atoms with E-state index in [1.165, 1.54) is 12.3 Å². The zero-order chi connectivity index (χ0) is 13.4. The predicted molar refractivity (Wildman–Crippen MR) is 63.0 cm³/mol. The van der Waals surface area contributed by atoms with Crippen molar-refractivity contribution < 1.29 is 43.9 Å². The van der Waals surface area contributed by atoms with Crippen molar-refractivity contribution in [3.63, 3.8) is 0 Å². The SMILES string of the molecule is O=C([O-])c1cc(Nc2nc(Cl)nc3ccoc23)n[nH]1.[Na+]. The van der Waals surface area contributed by atoms with Gasteiger partial charge in [0.25, 0.3) is 0 Å². The fraction of sp³-hybridized carbons (Fsp3) is 0. The number of H-pyrrole nitrogens is 1. The van der Waals surface area contributed by atoms with Gasteiger partial charge in [0.05, 0.1) is 17.9 Å². The summed E-state index contributed by atoms with van der Waals surface area (Å²) >= 11 is 5.77. The summed E-state index contributed by atoms with van der Waals surface area (Å²) in [7, 11) is 0. The zero-order valence-electron chi connectivity index (χ0n) is 10.2. The topological polar surface area (TPSA) is 120 Å². The Kier molecular flexibility index (Phi) is 4.29. The van der Waals surface area contributed by atoms with Crippen molar-refractivity contribution in [1.82, 2.24) is 20.2 Å². The van der Waals surface area contributed by atoms with E-state index in [4.69, 9.17) is 16.0 Å². The van der Waals surface area contributed by atoms with Gasteiger partial charge in [0, 0.05) is 12.1 Å². The number of nitrogens with zero attached hydrogens (tertiary/aromatic N) is 3. The minimum absolute atomic E-state index is 0. The minimum Gasteiger partial charge on any atom is -0.543 e. The van der Waals surface area contributed by atoms with Crippen molar-refractivity contribution >= 4 is 40.3 Å². The van der Waals surface area contributed by atoms with Crippen LogP contribution in [0.2, 0.25) is 5.28 Å². The number of fused-ring (bicyclic) bond motifs is 1. The summed E-state index contributed by atoms with van der Waals surface area (Å²) in [5.41, 5.74) is 0.763. The van der Waals surface area contributed by atoms with Crippen LogP contribution < -0.4 is 40.0 Å². The van der Waals surface area contributed by atoms with E-state index in [9.17, 15) is 9.90 Å². The van der Waals surface area contributed by atoms with E-state index < -0.39 is 5.97 Å². The van der Waals surface area contributed by atoms with Gasteiger partial charge in [0.1, 0.15) is 5.52 Å². The number of aromatic amines is 1. The van der Waals surface area contributed by atoms with Gasteiger partial charge < -0.3 is 19.6 Å². The van der Waals surface area contributed by atoms with Crippen LogP contribution in [0.3, 0.4) is 0 Å². The summed E-state index contributed by atoms with van der Waals surface area (Å²) in [6, 6.07) is 2.89. The smallest absolute Gasteiger partial charge is 0.543 e. The summed E-state index contributed by atoms with van der Waals surface area (Å²) in [6.07, 6.45) is 1.44. The Morgan fingerprint density at radius 3 is 2.95 bits per heavy atom. The van der Waals surface area contributed by atoms with E-state index in [0.29, 0.717) is 11.1 Å². The standard InChI is InChI=1S/C10H6ClN5O3.Na/c11-10-12-4-1-2-19-7(4)8(14-10)13-6-3-5(9(17)18)15-16-6;/h1-3H,(H,17,18)(H2,12,13,14,15,16);/q;+1/p-1. The van der Waals surface area contributed by atoms with Gasteiger partial charge in [-0.2, -0.15) is 10.1 Å². The molecule has 0 saturated heterocycles. The molecule has 0 aliphatic heterocycles. The minimum atomic E-state index is -1.36. The largest absolute Gasteiger partial charge is 1.00 e. The maximum Gasteiger partial charge on any atom is 1.00 e. The summed E-state index contributed by atoms with van der Waals surface area (Å²) in [5, 5.41) is 19.5. The maximum absolute atomic E-state index is 10.6. The third-order valence-electron chi connectivity index (χ3n) is 2.32. The number of carboxylic acid groups (broad SMARTS) is 1. The van der Waals surface area contributed by atoms with Gasteiger partial charge in [-0.1, -0.05) is 0 Å². The molecule has 0 spiro atoms. The van der Waals surface area contributed by atoms with Crippen molar-refractivity contribution in [2.75, 3.05) is 5.32 Å². The number of carboxylic acids is 1. The Morgan fingerprint density at radius 2 is 2.25 bits per heavy atom. The van der Waals surface area contributed by atoms with Gasteiger partial charge >= 0.3 is 29.6 Å². The van der Waals surface area contributed by atoms with E-state index >= 15 is 0 Å². The van der Waals surface area contributed by atoms with Crippen LogP contribution in [0.25, 0.3) is 11.1 Å². The number of anilines is 2. The van der Waals surface area contributed by atoms with E-state index in [-0.39, 0.29) is 52.2 Å². The summed E-state index contributed by atoms with van der Waals surface area (Å²) < 4.78 is 5.22. The van der Waals surface area contributed by atoms with Crippen molar-refractivity contribution in [2.24, 2.45) is 0 Å². The molecule has 3 aromatic rings. The van der Waals surface area contributed by atoms with E-state index in [1.807, 2.05) is 0 Å². The second-order valence-electron chi connectivity index (χ2n) is 3.56. The molecular formula is C10H5ClN5NaO3. The van der Waals surface area contributed by atoms with Gasteiger partial charge in [0.15, 0.2) is 17.2 Å². The average Bonchev–Trinajstić information content (AvgIpc) is 2.96. The summed E-state index contributed by atoms with van der Waals surface area (Å²) in [5.74, 6) is -0.826. The molecule has 10 heteroatoms. The first-order valence-electron chi connectivity index (χ1n) is 5.08. The molecule has 96 valence electrons. The fourth-order valence-corrected chi connectivity index (χ4v) is 1.71. The van der Waals surface area contributed by atoms with Crippen molar-refractivity contribution in [1.29, 1.82) is 0 Å².